The molecule has 1 aliphatic heterocycles. The van der Waals surface area contributed by atoms with Crippen LogP contribution in [0.25, 0.3) is 0 Å². The molecule has 0 aromatic carbocycles. The van der Waals surface area contributed by atoms with Gasteiger partial charge in [-0.1, -0.05) is 0 Å². The molecule has 2 rings (SSSR count). The van der Waals surface area contributed by atoms with Crippen LogP contribution in [0.15, 0.2) is 0 Å². The van der Waals surface area contributed by atoms with Crippen LogP contribution in [0.5, 0.6) is 0 Å². The van der Waals surface area contributed by atoms with E-state index >= 15 is 0 Å². The molecule has 0 unspecified atom stereocenters. The Morgan fingerprint density at radius 3 is 2.87 bits per heavy atom. The summed E-state index contributed by atoms with van der Waals surface area (Å²) in [4.78, 5) is 28.3. The van der Waals surface area contributed by atoms with E-state index in [1.165, 1.54) is 11.7 Å². The minimum absolute atomic E-state index is 0.0381. The summed E-state index contributed by atoms with van der Waals surface area (Å²) in [6.07, 6.45) is 0. The van der Waals surface area contributed by atoms with Gasteiger partial charge in [-0.15, -0.1) is 5.10 Å². The summed E-state index contributed by atoms with van der Waals surface area (Å²) < 4.78 is 1.47. The molecule has 1 aliphatic rings. The molecule has 0 saturated carbocycles. The SMILES string of the molecule is CNC(=O)c1nc2n(n1)CCN(C)C2=O. The fourth-order valence-electron chi connectivity index (χ4n) is 1.38. The predicted molar refractivity (Wildman–Crippen MR) is 50.4 cm³/mol. The molecule has 1 aromatic heterocycles. The lowest BCUT2D eigenvalue weighted by molar-refractivity contribution is 0.0735. The number of rotatable bonds is 1. The highest BCUT2D eigenvalue weighted by molar-refractivity contribution is 5.94. The number of aromatic nitrogens is 3. The van der Waals surface area contributed by atoms with Crippen molar-refractivity contribution in [2.75, 3.05) is 20.6 Å². The van der Waals surface area contributed by atoms with Crippen molar-refractivity contribution < 1.29 is 9.59 Å². The van der Waals surface area contributed by atoms with E-state index in [0.717, 1.165) is 0 Å². The zero-order valence-electron chi connectivity index (χ0n) is 8.52. The van der Waals surface area contributed by atoms with Crippen molar-refractivity contribution in [2.45, 2.75) is 6.54 Å². The zero-order valence-corrected chi connectivity index (χ0v) is 8.52. The van der Waals surface area contributed by atoms with E-state index in [-0.39, 0.29) is 23.5 Å². The van der Waals surface area contributed by atoms with Crippen molar-refractivity contribution in [3.63, 3.8) is 0 Å². The smallest absolute Gasteiger partial charge is 0.291 e. The van der Waals surface area contributed by atoms with Crippen LogP contribution >= 0.6 is 0 Å². The topological polar surface area (TPSA) is 80.1 Å². The van der Waals surface area contributed by atoms with E-state index in [9.17, 15) is 9.59 Å². The van der Waals surface area contributed by atoms with Crippen LogP contribution in [0.4, 0.5) is 0 Å². The summed E-state index contributed by atoms with van der Waals surface area (Å²) in [5.74, 6) is -0.324. The number of amides is 2. The van der Waals surface area contributed by atoms with Gasteiger partial charge in [0.25, 0.3) is 11.8 Å². The van der Waals surface area contributed by atoms with Gasteiger partial charge in [-0.25, -0.2) is 4.68 Å². The highest BCUT2D eigenvalue weighted by Gasteiger charge is 2.26. The Labute approximate surface area is 86.1 Å². The molecule has 7 nitrogen and oxygen atoms in total. The first-order valence-corrected chi connectivity index (χ1v) is 4.56. The molecule has 0 bridgehead atoms. The van der Waals surface area contributed by atoms with Crippen LogP contribution in [0.2, 0.25) is 0 Å². The second kappa shape index (κ2) is 3.34. The number of nitrogens with zero attached hydrogens (tertiary/aromatic N) is 4. The molecule has 1 aromatic rings. The maximum Gasteiger partial charge on any atom is 0.291 e. The van der Waals surface area contributed by atoms with E-state index in [1.807, 2.05) is 0 Å². The summed E-state index contributed by atoms with van der Waals surface area (Å²) in [5, 5.41) is 6.37. The van der Waals surface area contributed by atoms with Gasteiger partial charge in [0.15, 0.2) is 0 Å². The third-order valence-corrected chi connectivity index (χ3v) is 2.29. The maximum atomic E-state index is 11.6. The Morgan fingerprint density at radius 1 is 1.47 bits per heavy atom. The second-order valence-electron chi connectivity index (χ2n) is 3.29. The first-order valence-electron chi connectivity index (χ1n) is 4.56. The Morgan fingerprint density at radius 2 is 2.20 bits per heavy atom. The van der Waals surface area contributed by atoms with Crippen molar-refractivity contribution in [1.29, 1.82) is 0 Å². The lowest BCUT2D eigenvalue weighted by atomic mass is 10.4. The second-order valence-corrected chi connectivity index (χ2v) is 3.29. The lowest BCUT2D eigenvalue weighted by Gasteiger charge is -2.21. The van der Waals surface area contributed by atoms with Crippen LogP contribution in [0.3, 0.4) is 0 Å². The zero-order chi connectivity index (χ0) is 11.0. The number of hydrogen-bond acceptors (Lipinski definition) is 4. The Bertz CT molecular complexity index is 425. The third kappa shape index (κ3) is 1.45. The summed E-state index contributed by atoms with van der Waals surface area (Å²) in [5.41, 5.74) is 0. The molecule has 0 aliphatic carbocycles. The van der Waals surface area contributed by atoms with Gasteiger partial charge < -0.3 is 10.2 Å². The summed E-state index contributed by atoms with van der Waals surface area (Å²) in [6.45, 7) is 1.16. The van der Waals surface area contributed by atoms with Crippen molar-refractivity contribution in [2.24, 2.45) is 0 Å². The average Bonchev–Trinajstić information content (AvgIpc) is 2.67. The first-order chi connectivity index (χ1) is 7.13. The fraction of sp³-hybridized carbons (Fsp3) is 0.500. The summed E-state index contributed by atoms with van der Waals surface area (Å²) in [7, 11) is 3.19. The molecule has 15 heavy (non-hydrogen) atoms. The predicted octanol–water partition coefficient (Wildman–Crippen LogP) is -1.28. The highest BCUT2D eigenvalue weighted by atomic mass is 16.2. The molecule has 0 radical (unpaired) electrons. The summed E-state index contributed by atoms with van der Waals surface area (Å²) >= 11 is 0. The normalized spacial score (nSPS) is 15.1. The molecule has 0 fully saturated rings. The van der Waals surface area contributed by atoms with Gasteiger partial charge in [-0.3, -0.25) is 9.59 Å². The molecule has 80 valence electrons. The number of hydrogen-bond donors (Lipinski definition) is 1. The molecule has 0 spiro atoms. The van der Waals surface area contributed by atoms with Crippen molar-refractivity contribution in [1.82, 2.24) is 25.0 Å². The average molecular weight is 209 g/mol. The van der Waals surface area contributed by atoms with E-state index in [0.29, 0.717) is 13.1 Å². The number of carbonyl (C=O) groups excluding carboxylic acids is 2. The number of likely N-dealkylation sites (N-methyl/N-ethyl adjacent to an activating group) is 1. The van der Waals surface area contributed by atoms with Gasteiger partial charge in [-0.2, -0.15) is 4.98 Å². The molecule has 1 N–H and O–H groups in total. The highest BCUT2D eigenvalue weighted by Crippen LogP contribution is 2.08. The third-order valence-electron chi connectivity index (χ3n) is 2.29. The van der Waals surface area contributed by atoms with E-state index < -0.39 is 0 Å². The molecule has 2 amide bonds. The number of carbonyl (C=O) groups is 2. The molecular weight excluding hydrogens is 198 g/mol. The monoisotopic (exact) mass is 209 g/mol. The summed E-state index contributed by atoms with van der Waals surface area (Å²) in [6, 6.07) is 0. The van der Waals surface area contributed by atoms with Gasteiger partial charge in [-0.05, 0) is 0 Å². The van der Waals surface area contributed by atoms with Crippen molar-refractivity contribution in [3.05, 3.63) is 11.6 Å². The number of nitrogens with one attached hydrogen (secondary N) is 1. The Kier molecular flexibility index (Phi) is 2.14. The first kappa shape index (κ1) is 9.63. The fourth-order valence-corrected chi connectivity index (χ4v) is 1.38. The molecule has 0 atom stereocenters. The Hall–Kier alpha value is -1.92. The van der Waals surface area contributed by atoms with Gasteiger partial charge in [0.1, 0.15) is 0 Å². The van der Waals surface area contributed by atoms with Crippen molar-refractivity contribution in [3.8, 4) is 0 Å². The van der Waals surface area contributed by atoms with E-state index in [4.69, 9.17) is 0 Å². The molecule has 0 saturated heterocycles. The number of fused-ring (bicyclic) bond motifs is 1. The minimum atomic E-state index is -0.382. The van der Waals surface area contributed by atoms with Crippen molar-refractivity contribution >= 4 is 11.8 Å². The van der Waals surface area contributed by atoms with Crippen LogP contribution < -0.4 is 5.32 Å². The van der Waals surface area contributed by atoms with Crippen LogP contribution in [0.1, 0.15) is 21.2 Å². The van der Waals surface area contributed by atoms with Gasteiger partial charge in [0.05, 0.1) is 6.54 Å². The van der Waals surface area contributed by atoms with Gasteiger partial charge in [0.2, 0.25) is 11.6 Å². The van der Waals surface area contributed by atoms with Gasteiger partial charge in [0, 0.05) is 20.6 Å². The molecular formula is C8H11N5O2. The quantitative estimate of drug-likeness (QED) is 0.625. The van der Waals surface area contributed by atoms with Crippen LogP contribution in [-0.4, -0.2) is 52.1 Å². The van der Waals surface area contributed by atoms with Crippen LogP contribution in [0, 0.1) is 0 Å². The Balaban J connectivity index is 2.39. The standard InChI is InChI=1S/C8H11N5O2/c1-9-7(14)5-10-6-8(15)12(2)3-4-13(6)11-5/h3-4H2,1-2H3,(H,9,14). The van der Waals surface area contributed by atoms with E-state index in [2.05, 4.69) is 15.4 Å². The van der Waals surface area contributed by atoms with Crippen LogP contribution in [-0.2, 0) is 6.54 Å². The molecule has 2 heterocycles. The molecule has 7 heteroatoms. The minimum Gasteiger partial charge on any atom is -0.352 e. The maximum absolute atomic E-state index is 11.6. The lowest BCUT2D eigenvalue weighted by Crippen LogP contribution is -2.37. The largest absolute Gasteiger partial charge is 0.352 e. The van der Waals surface area contributed by atoms with Gasteiger partial charge >= 0.3 is 0 Å². The van der Waals surface area contributed by atoms with E-state index in [1.54, 1.807) is 11.9 Å².